The first-order valence-corrected chi connectivity index (χ1v) is 8.85. The third-order valence-corrected chi connectivity index (χ3v) is 4.15. The predicted molar refractivity (Wildman–Crippen MR) is 110 cm³/mol. The van der Waals surface area contributed by atoms with Crippen LogP contribution in [0.15, 0.2) is 101 Å². The minimum absolute atomic E-state index is 0.0506. The van der Waals surface area contributed by atoms with Gasteiger partial charge in [-0.3, -0.25) is 10.1 Å². The molecule has 4 rings (SSSR count). The molecule has 1 heterocycles. The van der Waals surface area contributed by atoms with Gasteiger partial charge in [0.2, 0.25) is 0 Å². The van der Waals surface area contributed by atoms with Crippen molar-refractivity contribution in [1.82, 2.24) is 9.97 Å². The molecule has 0 atom stereocenters. The van der Waals surface area contributed by atoms with Crippen LogP contribution in [0, 0.1) is 10.1 Å². The van der Waals surface area contributed by atoms with Crippen molar-refractivity contribution in [2.24, 2.45) is 10.2 Å². The monoisotopic (exact) mass is 381 g/mol. The fourth-order valence-electron chi connectivity index (χ4n) is 2.76. The average molecular weight is 381 g/mol. The molecular weight excluding hydrogens is 366 g/mol. The van der Waals surface area contributed by atoms with Crippen molar-refractivity contribution >= 4 is 17.3 Å². The molecule has 0 spiro atoms. The fraction of sp³-hybridized carbons (Fsp3) is 0. The third kappa shape index (κ3) is 4.36. The largest absolute Gasteiger partial charge is 0.271 e. The molecule has 140 valence electrons. The Morgan fingerprint density at radius 1 is 0.690 bits per heavy atom. The zero-order chi connectivity index (χ0) is 20.1. The number of aromatic nitrogens is 2. The lowest BCUT2D eigenvalue weighted by Crippen LogP contribution is -1.91. The Morgan fingerprint density at radius 2 is 1.28 bits per heavy atom. The van der Waals surface area contributed by atoms with Gasteiger partial charge in [-0.25, -0.2) is 9.97 Å². The van der Waals surface area contributed by atoms with Crippen molar-refractivity contribution in [3.63, 3.8) is 0 Å². The molecule has 0 aliphatic carbocycles. The van der Waals surface area contributed by atoms with Gasteiger partial charge in [-0.2, -0.15) is 0 Å². The highest BCUT2D eigenvalue weighted by Gasteiger charge is 2.09. The maximum absolute atomic E-state index is 10.9. The SMILES string of the molecule is O=[N+]([O-])c1cccc(N=Nc2nc(-c3ccccc3)cc(-c3ccccc3)n2)c1. The van der Waals surface area contributed by atoms with Gasteiger partial charge >= 0.3 is 0 Å². The van der Waals surface area contributed by atoms with E-state index >= 15 is 0 Å². The van der Waals surface area contributed by atoms with Crippen molar-refractivity contribution in [2.45, 2.75) is 0 Å². The Morgan fingerprint density at radius 3 is 1.83 bits per heavy atom. The lowest BCUT2D eigenvalue weighted by molar-refractivity contribution is -0.384. The zero-order valence-electron chi connectivity index (χ0n) is 15.2. The molecule has 0 radical (unpaired) electrons. The second-order valence-corrected chi connectivity index (χ2v) is 6.15. The maximum atomic E-state index is 10.9. The number of hydrogen-bond donors (Lipinski definition) is 0. The molecule has 7 nitrogen and oxygen atoms in total. The van der Waals surface area contributed by atoms with Crippen LogP contribution < -0.4 is 0 Å². The molecule has 0 N–H and O–H groups in total. The van der Waals surface area contributed by atoms with E-state index in [1.807, 2.05) is 66.7 Å². The van der Waals surface area contributed by atoms with Gasteiger partial charge in [0.1, 0.15) is 0 Å². The van der Waals surface area contributed by atoms with Crippen LogP contribution >= 0.6 is 0 Å². The Kier molecular flexibility index (Phi) is 5.11. The summed E-state index contributed by atoms with van der Waals surface area (Å²) >= 11 is 0. The molecule has 0 saturated carbocycles. The van der Waals surface area contributed by atoms with Gasteiger partial charge in [0.25, 0.3) is 11.6 Å². The number of nitrogens with zero attached hydrogens (tertiary/aromatic N) is 5. The lowest BCUT2D eigenvalue weighted by atomic mass is 10.1. The van der Waals surface area contributed by atoms with Gasteiger partial charge in [-0.15, -0.1) is 10.2 Å². The van der Waals surface area contributed by atoms with Gasteiger partial charge < -0.3 is 0 Å². The Labute approximate surface area is 166 Å². The van der Waals surface area contributed by atoms with Crippen molar-refractivity contribution in [1.29, 1.82) is 0 Å². The molecule has 0 bridgehead atoms. The van der Waals surface area contributed by atoms with E-state index in [1.165, 1.54) is 12.1 Å². The maximum Gasteiger partial charge on any atom is 0.271 e. The Hall–Kier alpha value is -4.26. The minimum atomic E-state index is -0.473. The van der Waals surface area contributed by atoms with Crippen LogP contribution in [0.4, 0.5) is 17.3 Å². The summed E-state index contributed by atoms with van der Waals surface area (Å²) in [6.45, 7) is 0. The molecule has 0 unspecified atom stereocenters. The topological polar surface area (TPSA) is 93.6 Å². The summed E-state index contributed by atoms with van der Waals surface area (Å²) in [7, 11) is 0. The lowest BCUT2D eigenvalue weighted by Gasteiger charge is -2.06. The highest BCUT2D eigenvalue weighted by molar-refractivity contribution is 5.69. The van der Waals surface area contributed by atoms with Crippen LogP contribution in [-0.4, -0.2) is 14.9 Å². The zero-order valence-corrected chi connectivity index (χ0v) is 15.2. The van der Waals surface area contributed by atoms with Gasteiger partial charge in [-0.05, 0) is 12.1 Å². The molecule has 29 heavy (non-hydrogen) atoms. The van der Waals surface area contributed by atoms with Gasteiger partial charge in [0.05, 0.1) is 22.0 Å². The van der Waals surface area contributed by atoms with Crippen molar-refractivity contribution in [3.8, 4) is 22.5 Å². The number of hydrogen-bond acceptors (Lipinski definition) is 6. The number of non-ortho nitro benzene ring substituents is 1. The summed E-state index contributed by atoms with van der Waals surface area (Å²) in [5.41, 5.74) is 3.59. The van der Waals surface area contributed by atoms with E-state index in [9.17, 15) is 10.1 Å². The molecule has 1 aromatic heterocycles. The van der Waals surface area contributed by atoms with E-state index in [2.05, 4.69) is 20.2 Å². The molecular formula is C22H15N5O2. The summed E-state index contributed by atoms with van der Waals surface area (Å²) in [6.07, 6.45) is 0. The Bertz CT molecular complexity index is 1120. The van der Waals surface area contributed by atoms with Crippen molar-refractivity contribution < 1.29 is 4.92 Å². The summed E-state index contributed by atoms with van der Waals surface area (Å²) in [6, 6.07) is 27.3. The molecule has 0 fully saturated rings. The summed E-state index contributed by atoms with van der Waals surface area (Å²) in [5, 5.41) is 19.2. The smallest absolute Gasteiger partial charge is 0.258 e. The van der Waals surface area contributed by atoms with E-state index in [1.54, 1.807) is 12.1 Å². The van der Waals surface area contributed by atoms with Gasteiger partial charge in [-0.1, -0.05) is 66.7 Å². The van der Waals surface area contributed by atoms with Crippen LogP contribution in [-0.2, 0) is 0 Å². The molecule has 0 aliphatic rings. The van der Waals surface area contributed by atoms with E-state index in [0.717, 1.165) is 11.1 Å². The highest BCUT2D eigenvalue weighted by Crippen LogP contribution is 2.27. The highest BCUT2D eigenvalue weighted by atomic mass is 16.6. The molecule has 0 amide bonds. The van der Waals surface area contributed by atoms with E-state index in [4.69, 9.17) is 0 Å². The van der Waals surface area contributed by atoms with E-state index in [-0.39, 0.29) is 11.6 Å². The number of nitro groups is 1. The summed E-state index contributed by atoms with van der Waals surface area (Å²) in [5.74, 6) is 0.178. The first-order valence-electron chi connectivity index (χ1n) is 8.85. The normalized spacial score (nSPS) is 10.9. The molecule has 7 heteroatoms. The predicted octanol–water partition coefficient (Wildman–Crippen LogP) is 6.13. The summed E-state index contributed by atoms with van der Waals surface area (Å²) in [4.78, 5) is 19.5. The van der Waals surface area contributed by atoms with Gasteiger partial charge in [0.15, 0.2) is 0 Å². The number of nitro benzene ring substituents is 1. The van der Waals surface area contributed by atoms with Crippen molar-refractivity contribution in [3.05, 3.63) is 101 Å². The quantitative estimate of drug-likeness (QED) is 0.236. The van der Waals surface area contributed by atoms with Crippen LogP contribution in [0.25, 0.3) is 22.5 Å². The molecule has 4 aromatic rings. The molecule has 3 aromatic carbocycles. The van der Waals surface area contributed by atoms with Crippen LogP contribution in [0.5, 0.6) is 0 Å². The average Bonchev–Trinajstić information content (AvgIpc) is 2.79. The second kappa shape index (κ2) is 8.18. The second-order valence-electron chi connectivity index (χ2n) is 6.15. The van der Waals surface area contributed by atoms with Gasteiger partial charge in [0, 0.05) is 23.3 Å². The first kappa shape index (κ1) is 18.1. The number of benzene rings is 3. The fourth-order valence-corrected chi connectivity index (χ4v) is 2.76. The minimum Gasteiger partial charge on any atom is -0.258 e. The third-order valence-electron chi connectivity index (χ3n) is 4.15. The van der Waals surface area contributed by atoms with Crippen LogP contribution in [0.1, 0.15) is 0 Å². The Balaban J connectivity index is 1.76. The van der Waals surface area contributed by atoms with Crippen molar-refractivity contribution in [2.75, 3.05) is 0 Å². The molecule has 0 saturated heterocycles. The summed E-state index contributed by atoms with van der Waals surface area (Å²) < 4.78 is 0. The van der Waals surface area contributed by atoms with E-state index < -0.39 is 4.92 Å². The van der Waals surface area contributed by atoms with Crippen LogP contribution in [0.3, 0.4) is 0 Å². The van der Waals surface area contributed by atoms with E-state index in [0.29, 0.717) is 17.1 Å². The number of azo groups is 1. The molecule has 0 aliphatic heterocycles. The first-order chi connectivity index (χ1) is 14.2. The van der Waals surface area contributed by atoms with Crippen LogP contribution in [0.2, 0.25) is 0 Å². The standard InChI is InChI=1S/C22H15N5O2/c28-27(29)19-13-7-12-18(14-19)25-26-22-23-20(16-8-3-1-4-9-16)15-21(24-22)17-10-5-2-6-11-17/h1-15H. The number of rotatable bonds is 5.